The van der Waals surface area contributed by atoms with Crippen LogP contribution in [0.4, 0.5) is 0 Å². The number of benzene rings is 1. The molecular weight excluding hydrogens is 250 g/mol. The lowest BCUT2D eigenvalue weighted by molar-refractivity contribution is 0.0956. The third kappa shape index (κ3) is 2.39. The summed E-state index contributed by atoms with van der Waals surface area (Å²) in [5, 5.41) is 3.56. The minimum absolute atomic E-state index is 0.161. The highest BCUT2D eigenvalue weighted by Crippen LogP contribution is 2.42. The predicted molar refractivity (Wildman–Crippen MR) is 77.5 cm³/mol. The topological polar surface area (TPSA) is 47.0 Å². The first kappa shape index (κ1) is 13.1. The van der Waals surface area contributed by atoms with E-state index in [0.717, 1.165) is 17.3 Å². The van der Waals surface area contributed by atoms with Gasteiger partial charge in [-0.05, 0) is 32.9 Å². The molecule has 0 aliphatic carbocycles. The van der Waals surface area contributed by atoms with Crippen LogP contribution in [0.3, 0.4) is 0 Å². The molecule has 20 heavy (non-hydrogen) atoms. The van der Waals surface area contributed by atoms with Crippen molar-refractivity contribution in [3.8, 4) is 5.75 Å². The Balaban J connectivity index is 1.80. The molecule has 1 aliphatic heterocycles. The van der Waals surface area contributed by atoms with E-state index in [-0.39, 0.29) is 11.6 Å². The summed E-state index contributed by atoms with van der Waals surface area (Å²) in [6, 6.07) is 10.3. The number of ether oxygens (including phenoxy) is 1. The van der Waals surface area contributed by atoms with Crippen LogP contribution in [0, 0.1) is 6.92 Å². The molecule has 4 heteroatoms. The van der Waals surface area contributed by atoms with Gasteiger partial charge in [-0.25, -0.2) is 9.97 Å². The van der Waals surface area contributed by atoms with Crippen LogP contribution < -0.4 is 10.1 Å². The van der Waals surface area contributed by atoms with Crippen LogP contribution in [0.5, 0.6) is 5.75 Å². The fraction of sp³-hybridized carbons (Fsp3) is 0.375. The standard InChI is InChI=1S/C16H19N3O/c1-11-17-9-8-12(19-11)10-18-15-13-6-4-5-7-14(13)20-16(15,2)3/h4-9,15,18H,10H2,1-3H3. The van der Waals surface area contributed by atoms with Gasteiger partial charge >= 0.3 is 0 Å². The van der Waals surface area contributed by atoms with Gasteiger partial charge in [-0.15, -0.1) is 0 Å². The number of rotatable bonds is 3. The Labute approximate surface area is 119 Å². The Morgan fingerprint density at radius 3 is 2.85 bits per heavy atom. The van der Waals surface area contributed by atoms with Crippen LogP contribution in [0.15, 0.2) is 36.5 Å². The average molecular weight is 269 g/mol. The average Bonchev–Trinajstić information content (AvgIpc) is 2.66. The lowest BCUT2D eigenvalue weighted by atomic mass is 9.94. The van der Waals surface area contributed by atoms with Crippen LogP contribution in [-0.4, -0.2) is 15.6 Å². The Morgan fingerprint density at radius 2 is 2.05 bits per heavy atom. The molecule has 1 aliphatic rings. The zero-order chi connectivity index (χ0) is 14.2. The summed E-state index contributed by atoms with van der Waals surface area (Å²) >= 11 is 0. The summed E-state index contributed by atoms with van der Waals surface area (Å²) in [5.41, 5.74) is 1.95. The first-order valence-electron chi connectivity index (χ1n) is 6.86. The summed E-state index contributed by atoms with van der Waals surface area (Å²) in [6.45, 7) is 6.82. The second-order valence-electron chi connectivity index (χ2n) is 5.65. The molecule has 3 rings (SSSR count). The highest BCUT2D eigenvalue weighted by Gasteiger charge is 2.40. The number of fused-ring (bicyclic) bond motifs is 1. The van der Waals surface area contributed by atoms with Crippen molar-refractivity contribution in [1.82, 2.24) is 15.3 Å². The zero-order valence-electron chi connectivity index (χ0n) is 12.1. The van der Waals surface area contributed by atoms with Gasteiger partial charge in [-0.2, -0.15) is 0 Å². The number of hydrogen-bond acceptors (Lipinski definition) is 4. The van der Waals surface area contributed by atoms with E-state index in [4.69, 9.17) is 4.74 Å². The maximum Gasteiger partial charge on any atom is 0.125 e. The molecule has 1 N–H and O–H groups in total. The molecule has 4 nitrogen and oxygen atoms in total. The number of aromatic nitrogens is 2. The largest absolute Gasteiger partial charge is 0.486 e. The summed E-state index contributed by atoms with van der Waals surface area (Å²) in [4.78, 5) is 8.54. The van der Waals surface area contributed by atoms with Gasteiger partial charge in [0.25, 0.3) is 0 Å². The second-order valence-corrected chi connectivity index (χ2v) is 5.65. The van der Waals surface area contributed by atoms with Gasteiger partial charge < -0.3 is 10.1 Å². The molecule has 0 amide bonds. The van der Waals surface area contributed by atoms with Crippen LogP contribution in [0.25, 0.3) is 0 Å². The first-order chi connectivity index (χ1) is 9.56. The van der Waals surface area contributed by atoms with Crippen molar-refractivity contribution in [2.75, 3.05) is 0 Å². The minimum Gasteiger partial charge on any atom is -0.486 e. The minimum atomic E-state index is -0.258. The lowest BCUT2D eigenvalue weighted by Gasteiger charge is -2.27. The number of hydrogen-bond donors (Lipinski definition) is 1. The normalized spacial score (nSPS) is 19.4. The molecule has 104 valence electrons. The molecule has 0 fully saturated rings. The fourth-order valence-electron chi connectivity index (χ4n) is 2.69. The second kappa shape index (κ2) is 4.87. The summed E-state index contributed by atoms with van der Waals surface area (Å²) < 4.78 is 6.02. The zero-order valence-corrected chi connectivity index (χ0v) is 12.1. The molecule has 2 aromatic rings. The van der Waals surface area contributed by atoms with Gasteiger partial charge in [0.2, 0.25) is 0 Å². The van der Waals surface area contributed by atoms with Gasteiger partial charge in [0, 0.05) is 18.3 Å². The van der Waals surface area contributed by atoms with Crippen LogP contribution in [0.1, 0.15) is 37.0 Å². The third-order valence-corrected chi connectivity index (χ3v) is 3.62. The molecule has 0 spiro atoms. The van der Waals surface area contributed by atoms with E-state index in [1.54, 1.807) is 6.20 Å². The predicted octanol–water partition coefficient (Wildman–Crippen LogP) is 2.79. The van der Waals surface area contributed by atoms with Gasteiger partial charge in [0.15, 0.2) is 0 Å². The molecule has 1 aromatic heterocycles. The van der Waals surface area contributed by atoms with Crippen molar-refractivity contribution in [2.45, 2.75) is 39.0 Å². The van der Waals surface area contributed by atoms with Gasteiger partial charge in [0.1, 0.15) is 17.2 Å². The van der Waals surface area contributed by atoms with Crippen molar-refractivity contribution in [3.05, 3.63) is 53.6 Å². The monoisotopic (exact) mass is 269 g/mol. The van der Waals surface area contributed by atoms with Crippen molar-refractivity contribution in [1.29, 1.82) is 0 Å². The third-order valence-electron chi connectivity index (χ3n) is 3.62. The highest BCUT2D eigenvalue weighted by molar-refractivity contribution is 5.42. The summed E-state index contributed by atoms with van der Waals surface area (Å²) in [7, 11) is 0. The molecule has 1 aromatic carbocycles. The van der Waals surface area contributed by atoms with Crippen molar-refractivity contribution in [3.63, 3.8) is 0 Å². The Hall–Kier alpha value is -1.94. The molecule has 1 atom stereocenters. The number of aryl methyl sites for hydroxylation is 1. The maximum atomic E-state index is 6.02. The van der Waals surface area contributed by atoms with Crippen LogP contribution in [-0.2, 0) is 6.54 Å². The van der Waals surface area contributed by atoms with E-state index in [9.17, 15) is 0 Å². The maximum absolute atomic E-state index is 6.02. The molecule has 0 bridgehead atoms. The van der Waals surface area contributed by atoms with Gasteiger partial charge in [0.05, 0.1) is 11.7 Å². The quantitative estimate of drug-likeness (QED) is 0.930. The SMILES string of the molecule is Cc1nccc(CNC2c3ccccc3OC2(C)C)n1. The summed E-state index contributed by atoms with van der Waals surface area (Å²) in [5.74, 6) is 1.76. The lowest BCUT2D eigenvalue weighted by Crippen LogP contribution is -2.39. The van der Waals surface area contributed by atoms with Gasteiger partial charge in [-0.3, -0.25) is 0 Å². The van der Waals surface area contributed by atoms with Crippen molar-refractivity contribution >= 4 is 0 Å². The molecule has 1 unspecified atom stereocenters. The smallest absolute Gasteiger partial charge is 0.125 e. The molecule has 2 heterocycles. The number of para-hydroxylation sites is 1. The Bertz CT molecular complexity index is 625. The highest BCUT2D eigenvalue weighted by atomic mass is 16.5. The first-order valence-corrected chi connectivity index (χ1v) is 6.86. The van der Waals surface area contributed by atoms with Crippen LogP contribution in [0.2, 0.25) is 0 Å². The molecule has 0 saturated heterocycles. The van der Waals surface area contributed by atoms with E-state index >= 15 is 0 Å². The van der Waals surface area contributed by atoms with E-state index < -0.39 is 0 Å². The van der Waals surface area contributed by atoms with Gasteiger partial charge in [-0.1, -0.05) is 18.2 Å². The molecular formula is C16H19N3O. The van der Waals surface area contributed by atoms with Crippen molar-refractivity contribution < 1.29 is 4.74 Å². The van der Waals surface area contributed by atoms with E-state index in [1.165, 1.54) is 5.56 Å². The van der Waals surface area contributed by atoms with E-state index in [1.807, 2.05) is 31.2 Å². The Kier molecular flexibility index (Phi) is 3.18. The fourth-order valence-corrected chi connectivity index (χ4v) is 2.69. The number of nitrogens with one attached hydrogen (secondary N) is 1. The molecule has 0 radical (unpaired) electrons. The van der Waals surface area contributed by atoms with Crippen LogP contribution >= 0.6 is 0 Å². The summed E-state index contributed by atoms with van der Waals surface area (Å²) in [6.07, 6.45) is 1.80. The Morgan fingerprint density at radius 1 is 1.25 bits per heavy atom. The van der Waals surface area contributed by atoms with E-state index in [0.29, 0.717) is 6.54 Å². The van der Waals surface area contributed by atoms with E-state index in [2.05, 4.69) is 35.2 Å². The van der Waals surface area contributed by atoms with Crippen molar-refractivity contribution in [2.24, 2.45) is 0 Å². The number of nitrogens with zero attached hydrogens (tertiary/aromatic N) is 2. The molecule has 0 saturated carbocycles.